The molecule has 1 aromatic rings. The van der Waals surface area contributed by atoms with Gasteiger partial charge < -0.3 is 5.73 Å². The van der Waals surface area contributed by atoms with Crippen LogP contribution in [-0.4, -0.2) is 24.5 Å². The average Bonchev–Trinajstić information content (AvgIpc) is 2.41. The lowest BCUT2D eigenvalue weighted by Gasteiger charge is -2.36. The summed E-state index contributed by atoms with van der Waals surface area (Å²) in [5, 5.41) is 0. The first kappa shape index (κ1) is 15.2. The Labute approximate surface area is 121 Å². The van der Waals surface area contributed by atoms with Crippen molar-refractivity contribution < 1.29 is 4.39 Å². The number of rotatable bonds is 3. The number of nitrogens with zero attached hydrogens (tertiary/aromatic N) is 1. The van der Waals surface area contributed by atoms with Crippen molar-refractivity contribution in [3.8, 4) is 0 Å². The molecular weight excluding hydrogens is 251 g/mol. The van der Waals surface area contributed by atoms with E-state index in [2.05, 4.69) is 31.7 Å². The van der Waals surface area contributed by atoms with Gasteiger partial charge in [-0.25, -0.2) is 4.39 Å². The van der Waals surface area contributed by atoms with Crippen LogP contribution in [0.5, 0.6) is 0 Å². The SMILES string of the molecule is CC(C)(C)C1=CCN(C(CN)c2ccccc2F)CC1. The predicted octanol–water partition coefficient (Wildman–Crippen LogP) is 3.50. The van der Waals surface area contributed by atoms with Crippen molar-refractivity contribution in [1.29, 1.82) is 0 Å². The van der Waals surface area contributed by atoms with Crippen molar-refractivity contribution in [3.05, 3.63) is 47.3 Å². The summed E-state index contributed by atoms with van der Waals surface area (Å²) in [5.74, 6) is -0.159. The first-order chi connectivity index (χ1) is 9.43. The number of benzene rings is 1. The standard InChI is InChI=1S/C17H25FN2/c1-17(2,3)13-8-10-20(11-9-13)16(12-19)14-6-4-5-7-15(14)18/h4-8,16H,9-12,19H2,1-3H3. The van der Waals surface area contributed by atoms with E-state index in [9.17, 15) is 4.39 Å². The third kappa shape index (κ3) is 3.28. The minimum Gasteiger partial charge on any atom is -0.329 e. The minimum atomic E-state index is -0.159. The molecule has 0 saturated carbocycles. The third-order valence-corrected chi connectivity index (χ3v) is 4.13. The second-order valence-corrected chi connectivity index (χ2v) is 6.50. The van der Waals surface area contributed by atoms with Crippen LogP contribution in [0.25, 0.3) is 0 Å². The molecule has 0 aliphatic carbocycles. The van der Waals surface area contributed by atoms with E-state index in [0.717, 1.165) is 19.5 Å². The Balaban J connectivity index is 2.16. The smallest absolute Gasteiger partial charge is 0.128 e. The molecule has 3 heteroatoms. The van der Waals surface area contributed by atoms with Crippen LogP contribution in [0.3, 0.4) is 0 Å². The Morgan fingerprint density at radius 1 is 1.30 bits per heavy atom. The summed E-state index contributed by atoms with van der Waals surface area (Å²) in [4.78, 5) is 2.27. The van der Waals surface area contributed by atoms with E-state index in [1.54, 1.807) is 6.07 Å². The molecule has 110 valence electrons. The van der Waals surface area contributed by atoms with Gasteiger partial charge in [-0.2, -0.15) is 0 Å². The van der Waals surface area contributed by atoms with Gasteiger partial charge in [0.15, 0.2) is 0 Å². The Morgan fingerprint density at radius 2 is 2.00 bits per heavy atom. The van der Waals surface area contributed by atoms with Gasteiger partial charge in [0.05, 0.1) is 6.04 Å². The second-order valence-electron chi connectivity index (χ2n) is 6.50. The first-order valence-corrected chi connectivity index (χ1v) is 7.31. The fraction of sp³-hybridized carbons (Fsp3) is 0.529. The summed E-state index contributed by atoms with van der Waals surface area (Å²) in [6.07, 6.45) is 3.32. The van der Waals surface area contributed by atoms with E-state index in [0.29, 0.717) is 12.1 Å². The molecule has 20 heavy (non-hydrogen) atoms. The van der Waals surface area contributed by atoms with Crippen LogP contribution in [0, 0.1) is 11.2 Å². The van der Waals surface area contributed by atoms with Gasteiger partial charge in [-0.05, 0) is 17.9 Å². The topological polar surface area (TPSA) is 29.3 Å². The van der Waals surface area contributed by atoms with E-state index in [1.807, 2.05) is 12.1 Å². The van der Waals surface area contributed by atoms with Crippen LogP contribution >= 0.6 is 0 Å². The number of hydrogen-bond acceptors (Lipinski definition) is 2. The Kier molecular flexibility index (Phi) is 4.61. The van der Waals surface area contributed by atoms with Gasteiger partial charge >= 0.3 is 0 Å². The highest BCUT2D eigenvalue weighted by molar-refractivity contribution is 5.23. The van der Waals surface area contributed by atoms with Gasteiger partial charge in [-0.3, -0.25) is 4.90 Å². The van der Waals surface area contributed by atoms with Crippen LogP contribution in [-0.2, 0) is 0 Å². The van der Waals surface area contributed by atoms with E-state index < -0.39 is 0 Å². The van der Waals surface area contributed by atoms with Crippen molar-refractivity contribution in [3.63, 3.8) is 0 Å². The summed E-state index contributed by atoms with van der Waals surface area (Å²) in [6, 6.07) is 6.92. The Hall–Kier alpha value is -1.19. The van der Waals surface area contributed by atoms with Crippen molar-refractivity contribution in [2.24, 2.45) is 11.1 Å². The van der Waals surface area contributed by atoms with E-state index in [4.69, 9.17) is 5.73 Å². The lowest BCUT2D eigenvalue weighted by atomic mass is 9.82. The highest BCUT2D eigenvalue weighted by Crippen LogP contribution is 2.32. The molecule has 0 spiro atoms. The van der Waals surface area contributed by atoms with Gasteiger partial charge in [0.2, 0.25) is 0 Å². The summed E-state index contributed by atoms with van der Waals surface area (Å²) in [6.45, 7) is 8.96. The molecule has 1 heterocycles. The fourth-order valence-electron chi connectivity index (χ4n) is 2.87. The van der Waals surface area contributed by atoms with Crippen molar-refractivity contribution >= 4 is 0 Å². The lowest BCUT2D eigenvalue weighted by molar-refractivity contribution is 0.205. The first-order valence-electron chi connectivity index (χ1n) is 7.31. The summed E-state index contributed by atoms with van der Waals surface area (Å²) >= 11 is 0. The fourth-order valence-corrected chi connectivity index (χ4v) is 2.87. The zero-order chi connectivity index (χ0) is 14.8. The molecule has 0 amide bonds. The zero-order valence-corrected chi connectivity index (χ0v) is 12.7. The molecule has 1 aliphatic rings. The van der Waals surface area contributed by atoms with Crippen LogP contribution in [0.4, 0.5) is 4.39 Å². The predicted molar refractivity (Wildman–Crippen MR) is 81.9 cm³/mol. The summed E-state index contributed by atoms with van der Waals surface area (Å²) < 4.78 is 13.9. The van der Waals surface area contributed by atoms with Gasteiger partial charge in [0.25, 0.3) is 0 Å². The molecule has 0 saturated heterocycles. The average molecular weight is 276 g/mol. The zero-order valence-electron chi connectivity index (χ0n) is 12.7. The molecule has 2 N–H and O–H groups in total. The monoisotopic (exact) mass is 276 g/mol. The van der Waals surface area contributed by atoms with Gasteiger partial charge in [0, 0.05) is 25.2 Å². The molecule has 2 nitrogen and oxygen atoms in total. The maximum atomic E-state index is 13.9. The van der Waals surface area contributed by atoms with Gasteiger partial charge in [0.1, 0.15) is 5.82 Å². The maximum absolute atomic E-state index is 13.9. The van der Waals surface area contributed by atoms with E-state index in [-0.39, 0.29) is 17.3 Å². The lowest BCUT2D eigenvalue weighted by Crippen LogP contribution is -2.38. The maximum Gasteiger partial charge on any atom is 0.128 e. The quantitative estimate of drug-likeness (QED) is 0.856. The summed E-state index contributed by atoms with van der Waals surface area (Å²) in [5.41, 5.74) is 8.32. The normalized spacial score (nSPS) is 18.8. The van der Waals surface area contributed by atoms with E-state index in [1.165, 1.54) is 11.6 Å². The molecule has 0 aromatic heterocycles. The number of nitrogens with two attached hydrogens (primary N) is 1. The van der Waals surface area contributed by atoms with Crippen molar-refractivity contribution in [1.82, 2.24) is 4.90 Å². The van der Waals surface area contributed by atoms with Crippen LogP contribution in [0.2, 0.25) is 0 Å². The summed E-state index contributed by atoms with van der Waals surface area (Å²) in [7, 11) is 0. The third-order valence-electron chi connectivity index (χ3n) is 4.13. The molecule has 0 radical (unpaired) electrons. The molecule has 0 bridgehead atoms. The Morgan fingerprint density at radius 3 is 2.50 bits per heavy atom. The van der Waals surface area contributed by atoms with Crippen LogP contribution in [0.15, 0.2) is 35.9 Å². The van der Waals surface area contributed by atoms with Crippen LogP contribution in [0.1, 0.15) is 38.8 Å². The van der Waals surface area contributed by atoms with Crippen molar-refractivity contribution in [2.45, 2.75) is 33.2 Å². The van der Waals surface area contributed by atoms with Gasteiger partial charge in [-0.1, -0.05) is 50.6 Å². The minimum absolute atomic E-state index is 0.0334. The largest absolute Gasteiger partial charge is 0.329 e. The molecule has 2 rings (SSSR count). The van der Waals surface area contributed by atoms with E-state index >= 15 is 0 Å². The molecule has 1 aromatic carbocycles. The highest BCUT2D eigenvalue weighted by atomic mass is 19.1. The number of hydrogen-bond donors (Lipinski definition) is 1. The Bertz CT molecular complexity index is 488. The molecule has 0 fully saturated rings. The second kappa shape index (κ2) is 6.06. The molecule has 1 atom stereocenters. The molecule has 1 aliphatic heterocycles. The van der Waals surface area contributed by atoms with Crippen LogP contribution < -0.4 is 5.73 Å². The highest BCUT2D eigenvalue weighted by Gasteiger charge is 2.26. The number of halogens is 1. The molecular formula is C17H25FN2. The molecule has 1 unspecified atom stereocenters. The van der Waals surface area contributed by atoms with Crippen molar-refractivity contribution in [2.75, 3.05) is 19.6 Å². The van der Waals surface area contributed by atoms with Gasteiger partial charge in [-0.15, -0.1) is 0 Å².